The molecular weight excluding hydrogens is 296 g/mol. The van der Waals surface area contributed by atoms with Crippen LogP contribution in [0.5, 0.6) is 0 Å². The Bertz CT molecular complexity index is 497. The van der Waals surface area contributed by atoms with Crippen LogP contribution in [-0.4, -0.2) is 28.1 Å². The smallest absolute Gasteiger partial charge is 0.267 e. The molecule has 2 fully saturated rings. The molecular formula is C12H17BrN4O. The lowest BCUT2D eigenvalue weighted by atomic mass is 9.70. The topological polar surface area (TPSA) is 69.8 Å². The van der Waals surface area contributed by atoms with Gasteiger partial charge in [-0.1, -0.05) is 0 Å². The normalized spacial score (nSPS) is 25.7. The molecule has 0 aromatic carbocycles. The first kappa shape index (κ1) is 12.2. The van der Waals surface area contributed by atoms with Gasteiger partial charge in [0.2, 0.25) is 0 Å². The van der Waals surface area contributed by atoms with Crippen LogP contribution in [0, 0.1) is 0 Å². The molecule has 1 spiro atoms. The first-order valence-electron chi connectivity index (χ1n) is 6.43. The van der Waals surface area contributed by atoms with E-state index in [9.17, 15) is 4.79 Å². The number of hydrogen-bond acceptors (Lipinski definition) is 4. The van der Waals surface area contributed by atoms with Crippen LogP contribution in [0.2, 0.25) is 0 Å². The average molecular weight is 313 g/mol. The van der Waals surface area contributed by atoms with Crippen LogP contribution in [0.4, 0.5) is 5.82 Å². The Morgan fingerprint density at radius 3 is 3.06 bits per heavy atom. The van der Waals surface area contributed by atoms with E-state index >= 15 is 0 Å². The standard InChI is InChI=1S/C12H17BrN4O/c13-9-10(14-7-15-11(9)18)17-8-2-5-16-12(6-8)3-1-4-12/h7-8,16H,1-6H2,(H2,14,15,17,18). The maximum atomic E-state index is 11.5. The van der Waals surface area contributed by atoms with Gasteiger partial charge in [-0.05, 0) is 54.6 Å². The highest BCUT2D eigenvalue weighted by Crippen LogP contribution is 2.39. The maximum absolute atomic E-state index is 11.5. The van der Waals surface area contributed by atoms with Gasteiger partial charge < -0.3 is 15.6 Å². The molecule has 0 radical (unpaired) electrons. The minimum Gasteiger partial charge on any atom is -0.366 e. The number of rotatable bonds is 2. The van der Waals surface area contributed by atoms with Crippen molar-refractivity contribution in [2.45, 2.75) is 43.7 Å². The van der Waals surface area contributed by atoms with Gasteiger partial charge in [-0.2, -0.15) is 0 Å². The zero-order valence-electron chi connectivity index (χ0n) is 10.1. The molecule has 1 aliphatic heterocycles. The first-order valence-corrected chi connectivity index (χ1v) is 7.23. The number of aromatic nitrogens is 2. The molecule has 1 unspecified atom stereocenters. The predicted molar refractivity (Wildman–Crippen MR) is 73.8 cm³/mol. The number of nitrogens with zero attached hydrogens (tertiary/aromatic N) is 1. The molecule has 0 amide bonds. The fourth-order valence-electron chi connectivity index (χ4n) is 2.94. The van der Waals surface area contributed by atoms with Crippen molar-refractivity contribution in [3.05, 3.63) is 21.2 Å². The maximum Gasteiger partial charge on any atom is 0.267 e. The molecule has 1 aromatic rings. The predicted octanol–water partition coefficient (Wildman–Crippen LogP) is 1.62. The number of H-pyrrole nitrogens is 1. The molecule has 3 N–H and O–H groups in total. The molecule has 1 aromatic heterocycles. The zero-order chi connectivity index (χ0) is 12.6. The summed E-state index contributed by atoms with van der Waals surface area (Å²) in [5.41, 5.74) is 0.212. The fraction of sp³-hybridized carbons (Fsp3) is 0.667. The molecule has 1 atom stereocenters. The summed E-state index contributed by atoms with van der Waals surface area (Å²) in [5.74, 6) is 0.653. The molecule has 3 rings (SSSR count). The minimum absolute atomic E-state index is 0.139. The van der Waals surface area contributed by atoms with Crippen LogP contribution in [0.1, 0.15) is 32.1 Å². The number of halogens is 1. The highest BCUT2D eigenvalue weighted by Gasteiger charge is 2.40. The van der Waals surface area contributed by atoms with Crippen molar-refractivity contribution in [2.75, 3.05) is 11.9 Å². The average Bonchev–Trinajstić information content (AvgIpc) is 2.34. The second kappa shape index (κ2) is 4.66. The molecule has 1 aliphatic carbocycles. The van der Waals surface area contributed by atoms with Crippen molar-refractivity contribution in [3.8, 4) is 0 Å². The third-order valence-corrected chi connectivity index (χ3v) is 4.81. The SMILES string of the molecule is O=c1[nH]cnc(NC2CCNC3(CCC3)C2)c1Br. The number of hydrogen-bond donors (Lipinski definition) is 3. The van der Waals surface area contributed by atoms with E-state index in [0.717, 1.165) is 19.4 Å². The summed E-state index contributed by atoms with van der Waals surface area (Å²) in [6.45, 7) is 1.04. The molecule has 1 saturated heterocycles. The van der Waals surface area contributed by atoms with Crippen molar-refractivity contribution < 1.29 is 0 Å². The summed E-state index contributed by atoms with van der Waals surface area (Å²) >= 11 is 3.28. The number of anilines is 1. The van der Waals surface area contributed by atoms with E-state index in [0.29, 0.717) is 21.9 Å². The van der Waals surface area contributed by atoms with Crippen molar-refractivity contribution in [3.63, 3.8) is 0 Å². The quantitative estimate of drug-likeness (QED) is 0.776. The highest BCUT2D eigenvalue weighted by atomic mass is 79.9. The number of piperidine rings is 1. The Morgan fingerprint density at radius 2 is 2.33 bits per heavy atom. The van der Waals surface area contributed by atoms with E-state index < -0.39 is 0 Å². The van der Waals surface area contributed by atoms with Crippen LogP contribution in [0.25, 0.3) is 0 Å². The summed E-state index contributed by atoms with van der Waals surface area (Å²) in [5, 5.41) is 7.03. The lowest BCUT2D eigenvalue weighted by molar-refractivity contribution is 0.135. The number of aromatic amines is 1. The van der Waals surface area contributed by atoms with E-state index in [1.54, 1.807) is 0 Å². The molecule has 5 nitrogen and oxygen atoms in total. The van der Waals surface area contributed by atoms with Gasteiger partial charge in [0, 0.05) is 11.6 Å². The Balaban J connectivity index is 1.72. The second-order valence-electron chi connectivity index (χ2n) is 5.29. The van der Waals surface area contributed by atoms with Crippen LogP contribution < -0.4 is 16.2 Å². The molecule has 2 heterocycles. The summed E-state index contributed by atoms with van der Waals surface area (Å²) in [6, 6.07) is 0.400. The van der Waals surface area contributed by atoms with Gasteiger partial charge in [0.1, 0.15) is 10.3 Å². The van der Waals surface area contributed by atoms with Crippen molar-refractivity contribution in [1.82, 2.24) is 15.3 Å². The van der Waals surface area contributed by atoms with Crippen molar-refractivity contribution in [2.24, 2.45) is 0 Å². The van der Waals surface area contributed by atoms with Crippen molar-refractivity contribution in [1.29, 1.82) is 0 Å². The Labute approximate surface area is 114 Å². The van der Waals surface area contributed by atoms with Gasteiger partial charge in [0.15, 0.2) is 0 Å². The largest absolute Gasteiger partial charge is 0.366 e. The van der Waals surface area contributed by atoms with Crippen LogP contribution >= 0.6 is 15.9 Å². The first-order chi connectivity index (χ1) is 8.69. The van der Waals surface area contributed by atoms with E-state index in [1.165, 1.54) is 25.6 Å². The summed E-state index contributed by atoms with van der Waals surface area (Å²) in [4.78, 5) is 18.2. The van der Waals surface area contributed by atoms with Gasteiger partial charge >= 0.3 is 0 Å². The minimum atomic E-state index is -0.139. The monoisotopic (exact) mass is 312 g/mol. The van der Waals surface area contributed by atoms with E-state index in [1.807, 2.05) is 0 Å². The number of nitrogens with one attached hydrogen (secondary N) is 3. The van der Waals surface area contributed by atoms with Crippen LogP contribution in [0.3, 0.4) is 0 Å². The lowest BCUT2D eigenvalue weighted by Gasteiger charge is -2.48. The molecule has 6 heteroatoms. The van der Waals surface area contributed by atoms with E-state index in [-0.39, 0.29) is 5.56 Å². The third kappa shape index (κ3) is 2.19. The van der Waals surface area contributed by atoms with Crippen LogP contribution in [0.15, 0.2) is 15.6 Å². The molecule has 1 saturated carbocycles. The van der Waals surface area contributed by atoms with Crippen LogP contribution in [-0.2, 0) is 0 Å². The summed E-state index contributed by atoms with van der Waals surface area (Å²) < 4.78 is 0.492. The Hall–Kier alpha value is -0.880. The molecule has 0 bridgehead atoms. The summed E-state index contributed by atoms with van der Waals surface area (Å²) in [7, 11) is 0. The van der Waals surface area contributed by atoms with Gasteiger partial charge in [0.25, 0.3) is 5.56 Å². The Kier molecular flexibility index (Phi) is 3.15. The summed E-state index contributed by atoms with van der Waals surface area (Å²) in [6.07, 6.45) is 7.50. The van der Waals surface area contributed by atoms with E-state index in [4.69, 9.17) is 0 Å². The second-order valence-corrected chi connectivity index (χ2v) is 6.08. The van der Waals surface area contributed by atoms with Crippen molar-refractivity contribution >= 4 is 21.7 Å². The van der Waals surface area contributed by atoms with E-state index in [2.05, 4.69) is 36.5 Å². The zero-order valence-corrected chi connectivity index (χ0v) is 11.7. The molecule has 98 valence electrons. The van der Waals surface area contributed by atoms with Gasteiger partial charge in [0.05, 0.1) is 6.33 Å². The Morgan fingerprint density at radius 1 is 1.50 bits per heavy atom. The van der Waals surface area contributed by atoms with Gasteiger partial charge in [-0.3, -0.25) is 4.79 Å². The molecule has 18 heavy (non-hydrogen) atoms. The lowest BCUT2D eigenvalue weighted by Crippen LogP contribution is -2.58. The highest BCUT2D eigenvalue weighted by molar-refractivity contribution is 9.10. The van der Waals surface area contributed by atoms with Gasteiger partial charge in [-0.15, -0.1) is 0 Å². The van der Waals surface area contributed by atoms with Gasteiger partial charge in [-0.25, -0.2) is 4.98 Å². The molecule has 2 aliphatic rings. The fourth-order valence-corrected chi connectivity index (χ4v) is 3.27. The third-order valence-electron chi connectivity index (χ3n) is 4.08.